The number of guanidine groups is 1. The van der Waals surface area contributed by atoms with Crippen LogP contribution in [0.2, 0.25) is 0 Å². The Hall–Kier alpha value is -0.0800. The van der Waals surface area contributed by atoms with Gasteiger partial charge in [-0.3, -0.25) is 9.89 Å². The van der Waals surface area contributed by atoms with Crippen LogP contribution in [0.25, 0.3) is 0 Å². The number of hydrogen-bond acceptors (Lipinski definition) is 3. The summed E-state index contributed by atoms with van der Waals surface area (Å²) in [6.07, 6.45) is 5.46. The van der Waals surface area contributed by atoms with Gasteiger partial charge < -0.3 is 15.4 Å². The number of hydrogen-bond donors (Lipinski definition) is 2. The molecule has 0 aliphatic carbocycles. The highest BCUT2D eigenvalue weighted by atomic mass is 127. The van der Waals surface area contributed by atoms with Crippen molar-refractivity contribution in [2.75, 3.05) is 46.4 Å². The summed E-state index contributed by atoms with van der Waals surface area (Å²) in [6.45, 7) is 13.0. The van der Waals surface area contributed by atoms with Crippen LogP contribution < -0.4 is 10.6 Å². The number of nitrogens with one attached hydrogen (secondary N) is 2. The molecule has 0 radical (unpaired) electrons. The highest BCUT2D eigenvalue weighted by molar-refractivity contribution is 14.0. The summed E-state index contributed by atoms with van der Waals surface area (Å²) >= 11 is 0. The Morgan fingerprint density at radius 2 is 1.75 bits per heavy atom. The lowest BCUT2D eigenvalue weighted by atomic mass is 9.89. The fraction of sp³-hybridized carbons (Fsp3) is 0.944. The average molecular weight is 452 g/mol. The SMILES string of the molecule is CN=C(NCC(C(C)C)N1CCCCCC1)NCC1(C)COC1.I. The molecule has 2 heterocycles. The Labute approximate surface area is 165 Å². The largest absolute Gasteiger partial charge is 0.380 e. The van der Waals surface area contributed by atoms with Crippen LogP contribution in [0.4, 0.5) is 0 Å². The molecule has 0 aromatic rings. The quantitative estimate of drug-likeness (QED) is 0.370. The first-order valence-electron chi connectivity index (χ1n) is 9.30. The maximum Gasteiger partial charge on any atom is 0.191 e. The zero-order chi connectivity index (χ0) is 16.7. The summed E-state index contributed by atoms with van der Waals surface area (Å²) in [5.74, 6) is 1.56. The molecular weight excluding hydrogens is 415 g/mol. The zero-order valence-corrected chi connectivity index (χ0v) is 18.3. The van der Waals surface area contributed by atoms with Gasteiger partial charge in [0.1, 0.15) is 0 Å². The summed E-state index contributed by atoms with van der Waals surface area (Å²) in [7, 11) is 1.85. The van der Waals surface area contributed by atoms with E-state index in [2.05, 4.69) is 41.3 Å². The van der Waals surface area contributed by atoms with E-state index in [4.69, 9.17) is 4.74 Å². The van der Waals surface area contributed by atoms with Crippen molar-refractivity contribution in [2.45, 2.75) is 52.5 Å². The first-order valence-corrected chi connectivity index (χ1v) is 9.30. The van der Waals surface area contributed by atoms with E-state index in [0.29, 0.717) is 12.0 Å². The van der Waals surface area contributed by atoms with Gasteiger partial charge in [-0.2, -0.15) is 0 Å². The van der Waals surface area contributed by atoms with Crippen molar-refractivity contribution in [1.82, 2.24) is 15.5 Å². The molecule has 2 aliphatic rings. The molecule has 1 atom stereocenters. The Kier molecular flexibility index (Phi) is 9.89. The van der Waals surface area contributed by atoms with Gasteiger partial charge in [0.2, 0.25) is 0 Å². The fourth-order valence-electron chi connectivity index (χ4n) is 3.48. The predicted octanol–water partition coefficient (Wildman–Crippen LogP) is 2.71. The van der Waals surface area contributed by atoms with Gasteiger partial charge in [0, 0.05) is 31.6 Å². The molecule has 5 nitrogen and oxygen atoms in total. The second-order valence-corrected chi connectivity index (χ2v) is 7.87. The first kappa shape index (κ1) is 22.0. The molecule has 24 heavy (non-hydrogen) atoms. The summed E-state index contributed by atoms with van der Waals surface area (Å²) < 4.78 is 5.32. The van der Waals surface area contributed by atoms with Crippen molar-refractivity contribution < 1.29 is 4.74 Å². The van der Waals surface area contributed by atoms with Crippen LogP contribution in [0.3, 0.4) is 0 Å². The Balaban J connectivity index is 0.00000288. The monoisotopic (exact) mass is 452 g/mol. The summed E-state index contributed by atoms with van der Waals surface area (Å²) in [6, 6.07) is 0.578. The van der Waals surface area contributed by atoms with E-state index in [1.807, 2.05) is 7.05 Å². The topological polar surface area (TPSA) is 48.9 Å². The summed E-state index contributed by atoms with van der Waals surface area (Å²) in [4.78, 5) is 7.06. The minimum atomic E-state index is 0. The standard InChI is InChI=1S/C18H36N4O.HI/c1-15(2)16(22-9-7-5-6-8-10-22)11-20-17(19-4)21-12-18(3)13-23-14-18;/h15-16H,5-14H2,1-4H3,(H2,19,20,21);1H. The molecule has 0 amide bonds. The molecule has 2 fully saturated rings. The van der Waals surface area contributed by atoms with E-state index in [0.717, 1.165) is 32.3 Å². The predicted molar refractivity (Wildman–Crippen MR) is 112 cm³/mol. The molecule has 142 valence electrons. The number of likely N-dealkylation sites (tertiary alicyclic amines) is 1. The van der Waals surface area contributed by atoms with E-state index < -0.39 is 0 Å². The third kappa shape index (κ3) is 6.67. The van der Waals surface area contributed by atoms with Gasteiger partial charge in [-0.15, -0.1) is 24.0 Å². The van der Waals surface area contributed by atoms with Crippen LogP contribution in [-0.2, 0) is 4.74 Å². The highest BCUT2D eigenvalue weighted by Gasteiger charge is 2.33. The molecule has 0 saturated carbocycles. The second-order valence-electron chi connectivity index (χ2n) is 7.87. The number of halogens is 1. The second kappa shape index (κ2) is 10.8. The van der Waals surface area contributed by atoms with Gasteiger partial charge in [-0.1, -0.05) is 33.6 Å². The minimum Gasteiger partial charge on any atom is -0.380 e. The van der Waals surface area contributed by atoms with E-state index in [-0.39, 0.29) is 29.4 Å². The molecule has 2 aliphatic heterocycles. The lowest BCUT2D eigenvalue weighted by molar-refractivity contribution is -0.0971. The Morgan fingerprint density at radius 3 is 2.21 bits per heavy atom. The van der Waals surface area contributed by atoms with E-state index in [9.17, 15) is 0 Å². The summed E-state index contributed by atoms with van der Waals surface area (Å²) in [5.41, 5.74) is 0.264. The molecule has 1 unspecified atom stereocenters. The van der Waals surface area contributed by atoms with E-state index in [1.54, 1.807) is 0 Å². The fourth-order valence-corrected chi connectivity index (χ4v) is 3.48. The lowest BCUT2D eigenvalue weighted by Crippen LogP contribution is -2.53. The van der Waals surface area contributed by atoms with Crippen LogP contribution in [-0.4, -0.2) is 63.3 Å². The maximum atomic E-state index is 5.32. The van der Waals surface area contributed by atoms with Crippen LogP contribution in [0.15, 0.2) is 4.99 Å². The maximum absolute atomic E-state index is 5.32. The van der Waals surface area contributed by atoms with Gasteiger partial charge in [0.25, 0.3) is 0 Å². The molecular formula is C18H37IN4O. The number of aliphatic imine (C=N–C) groups is 1. The van der Waals surface area contributed by atoms with Gasteiger partial charge >= 0.3 is 0 Å². The molecule has 0 aromatic heterocycles. The number of ether oxygens (including phenoxy) is 1. The lowest BCUT2D eigenvalue weighted by Gasteiger charge is -2.38. The average Bonchev–Trinajstić information content (AvgIpc) is 2.77. The number of rotatable bonds is 6. The molecule has 0 bridgehead atoms. The van der Waals surface area contributed by atoms with Crippen LogP contribution >= 0.6 is 24.0 Å². The first-order chi connectivity index (χ1) is 11.0. The van der Waals surface area contributed by atoms with Gasteiger partial charge in [-0.25, -0.2) is 0 Å². The molecule has 6 heteroatoms. The minimum absolute atomic E-state index is 0. The molecule has 0 aromatic carbocycles. The van der Waals surface area contributed by atoms with Crippen molar-refractivity contribution >= 4 is 29.9 Å². The normalized spacial score (nSPS) is 23.0. The van der Waals surface area contributed by atoms with Gasteiger partial charge in [0.15, 0.2) is 5.96 Å². The van der Waals surface area contributed by atoms with Crippen molar-refractivity contribution in [3.63, 3.8) is 0 Å². The summed E-state index contributed by atoms with van der Waals surface area (Å²) in [5, 5.41) is 7.01. The van der Waals surface area contributed by atoms with E-state index in [1.165, 1.54) is 38.8 Å². The molecule has 2 rings (SSSR count). The van der Waals surface area contributed by atoms with Crippen LogP contribution in [0, 0.1) is 11.3 Å². The highest BCUT2D eigenvalue weighted by Crippen LogP contribution is 2.25. The van der Waals surface area contributed by atoms with Gasteiger partial charge in [-0.05, 0) is 31.8 Å². The number of nitrogens with zero attached hydrogens (tertiary/aromatic N) is 2. The molecule has 0 spiro atoms. The Morgan fingerprint density at radius 1 is 1.12 bits per heavy atom. The third-order valence-electron chi connectivity index (χ3n) is 5.17. The molecule has 2 N–H and O–H groups in total. The van der Waals surface area contributed by atoms with Crippen molar-refractivity contribution in [1.29, 1.82) is 0 Å². The van der Waals surface area contributed by atoms with Crippen molar-refractivity contribution in [3.8, 4) is 0 Å². The zero-order valence-electron chi connectivity index (χ0n) is 15.9. The van der Waals surface area contributed by atoms with Crippen molar-refractivity contribution in [3.05, 3.63) is 0 Å². The third-order valence-corrected chi connectivity index (χ3v) is 5.17. The van der Waals surface area contributed by atoms with Crippen LogP contribution in [0.1, 0.15) is 46.5 Å². The van der Waals surface area contributed by atoms with E-state index >= 15 is 0 Å². The van der Waals surface area contributed by atoms with Gasteiger partial charge in [0.05, 0.1) is 13.2 Å². The smallest absolute Gasteiger partial charge is 0.191 e. The molecule has 2 saturated heterocycles. The van der Waals surface area contributed by atoms with Crippen LogP contribution in [0.5, 0.6) is 0 Å². The van der Waals surface area contributed by atoms with Crippen molar-refractivity contribution in [2.24, 2.45) is 16.3 Å². The Bertz CT molecular complexity index is 377.